The molecule has 3 aromatic rings. The summed E-state index contributed by atoms with van der Waals surface area (Å²) in [5.74, 6) is -0.252. The lowest BCUT2D eigenvalue weighted by molar-refractivity contribution is 0.0611. The third-order valence-electron chi connectivity index (χ3n) is 5.07. The molecule has 0 spiro atoms. The summed E-state index contributed by atoms with van der Waals surface area (Å²) in [5.41, 5.74) is 2.57. The van der Waals surface area contributed by atoms with Crippen molar-refractivity contribution in [3.63, 3.8) is 0 Å². The summed E-state index contributed by atoms with van der Waals surface area (Å²) in [6.07, 6.45) is 6.53. The number of rotatable bonds is 4. The van der Waals surface area contributed by atoms with Crippen molar-refractivity contribution in [2.75, 3.05) is 6.54 Å². The molecular weight excluding hydrogens is 341 g/mol. The predicted molar refractivity (Wildman–Crippen MR) is 102 cm³/mol. The molecule has 0 N–H and O–H groups in total. The number of piperidine rings is 1. The molecule has 0 aliphatic carbocycles. The molecule has 2 heterocycles. The molecule has 4 rings (SSSR count). The molecule has 1 atom stereocenters. The lowest BCUT2D eigenvalue weighted by atomic mass is 9.94. The van der Waals surface area contributed by atoms with E-state index >= 15 is 0 Å². The van der Waals surface area contributed by atoms with Crippen molar-refractivity contribution in [1.82, 2.24) is 14.7 Å². The highest BCUT2D eigenvalue weighted by molar-refractivity contribution is 5.94. The summed E-state index contributed by atoms with van der Waals surface area (Å²) in [4.78, 5) is 15.1. The van der Waals surface area contributed by atoms with Gasteiger partial charge in [-0.15, -0.1) is 0 Å². The van der Waals surface area contributed by atoms with Crippen molar-refractivity contribution in [1.29, 1.82) is 0 Å². The number of nitrogens with zero attached hydrogens (tertiary/aromatic N) is 3. The van der Waals surface area contributed by atoms with E-state index in [1.807, 2.05) is 52.2 Å². The first-order valence-electron chi connectivity index (χ1n) is 9.33. The van der Waals surface area contributed by atoms with Crippen LogP contribution in [-0.4, -0.2) is 27.1 Å². The maximum absolute atomic E-state index is 13.7. The summed E-state index contributed by atoms with van der Waals surface area (Å²) in [7, 11) is 0. The van der Waals surface area contributed by atoms with E-state index in [0.29, 0.717) is 18.7 Å². The first-order chi connectivity index (χ1) is 13.2. The van der Waals surface area contributed by atoms with Crippen LogP contribution in [-0.2, 0) is 6.54 Å². The molecule has 1 amide bonds. The average Bonchev–Trinajstić information content (AvgIpc) is 3.21. The summed E-state index contributed by atoms with van der Waals surface area (Å²) in [5, 5.41) is 4.22. The molecule has 1 unspecified atom stereocenters. The van der Waals surface area contributed by atoms with Gasteiger partial charge in [0, 0.05) is 24.5 Å². The summed E-state index contributed by atoms with van der Waals surface area (Å²) in [6, 6.07) is 16.1. The second-order valence-electron chi connectivity index (χ2n) is 6.97. The third-order valence-corrected chi connectivity index (χ3v) is 5.07. The van der Waals surface area contributed by atoms with Crippen molar-refractivity contribution in [2.45, 2.75) is 31.8 Å². The Morgan fingerprint density at radius 1 is 1.11 bits per heavy atom. The van der Waals surface area contributed by atoms with E-state index in [2.05, 4.69) is 5.10 Å². The van der Waals surface area contributed by atoms with Crippen LogP contribution < -0.4 is 0 Å². The van der Waals surface area contributed by atoms with Gasteiger partial charge in [0.25, 0.3) is 5.91 Å². The van der Waals surface area contributed by atoms with Gasteiger partial charge < -0.3 is 4.90 Å². The topological polar surface area (TPSA) is 38.1 Å². The highest BCUT2D eigenvalue weighted by Gasteiger charge is 2.29. The van der Waals surface area contributed by atoms with Crippen molar-refractivity contribution in [3.05, 3.63) is 89.5 Å². The van der Waals surface area contributed by atoms with Crippen LogP contribution in [0.1, 0.15) is 46.8 Å². The second-order valence-corrected chi connectivity index (χ2v) is 6.97. The fourth-order valence-corrected chi connectivity index (χ4v) is 3.78. The van der Waals surface area contributed by atoms with Gasteiger partial charge >= 0.3 is 0 Å². The summed E-state index contributed by atoms with van der Waals surface area (Å²) < 4.78 is 15.5. The van der Waals surface area contributed by atoms with E-state index in [1.54, 1.807) is 18.3 Å². The van der Waals surface area contributed by atoms with Gasteiger partial charge in [0.05, 0.1) is 12.6 Å². The highest BCUT2D eigenvalue weighted by Crippen LogP contribution is 2.32. The van der Waals surface area contributed by atoms with Gasteiger partial charge in [-0.2, -0.15) is 5.10 Å². The molecular formula is C22H22FN3O. The van der Waals surface area contributed by atoms with Gasteiger partial charge in [-0.3, -0.25) is 9.48 Å². The Kier molecular flexibility index (Phi) is 5.01. The van der Waals surface area contributed by atoms with Crippen LogP contribution in [0.25, 0.3) is 0 Å². The van der Waals surface area contributed by atoms with Crippen LogP contribution in [0.2, 0.25) is 0 Å². The Morgan fingerprint density at radius 3 is 2.81 bits per heavy atom. The molecule has 4 nitrogen and oxygen atoms in total. The lowest BCUT2D eigenvalue weighted by Gasteiger charge is -2.36. The monoisotopic (exact) mass is 363 g/mol. The predicted octanol–water partition coefficient (Wildman–Crippen LogP) is 4.44. The SMILES string of the molecule is O=C(c1cccc(Cn2cccn2)c1)N1CCCCC1c1cccc(F)c1. The maximum Gasteiger partial charge on any atom is 0.254 e. The van der Waals surface area contributed by atoms with Gasteiger partial charge in [0.15, 0.2) is 0 Å². The molecule has 27 heavy (non-hydrogen) atoms. The van der Waals surface area contributed by atoms with Crippen LogP contribution in [0, 0.1) is 5.82 Å². The molecule has 2 aromatic carbocycles. The molecule has 0 radical (unpaired) electrons. The number of halogens is 1. The normalized spacial score (nSPS) is 17.1. The molecule has 138 valence electrons. The highest BCUT2D eigenvalue weighted by atomic mass is 19.1. The molecule has 1 saturated heterocycles. The number of hydrogen-bond acceptors (Lipinski definition) is 2. The Balaban J connectivity index is 1.58. The van der Waals surface area contributed by atoms with Crippen molar-refractivity contribution < 1.29 is 9.18 Å². The molecule has 5 heteroatoms. The lowest BCUT2D eigenvalue weighted by Crippen LogP contribution is -2.38. The Labute approximate surface area is 158 Å². The number of amides is 1. The van der Waals surface area contributed by atoms with Crippen LogP contribution in [0.15, 0.2) is 67.0 Å². The zero-order valence-electron chi connectivity index (χ0n) is 15.1. The van der Waals surface area contributed by atoms with Gasteiger partial charge in [-0.25, -0.2) is 4.39 Å². The zero-order chi connectivity index (χ0) is 18.6. The van der Waals surface area contributed by atoms with E-state index in [9.17, 15) is 9.18 Å². The summed E-state index contributed by atoms with van der Waals surface area (Å²) >= 11 is 0. The minimum Gasteiger partial charge on any atom is -0.332 e. The van der Waals surface area contributed by atoms with Gasteiger partial charge in [0.2, 0.25) is 0 Å². The number of likely N-dealkylation sites (tertiary alicyclic amines) is 1. The fraction of sp³-hybridized carbons (Fsp3) is 0.273. The minimum absolute atomic E-state index is 0.00581. The molecule has 1 aromatic heterocycles. The second kappa shape index (κ2) is 7.74. The van der Waals surface area contributed by atoms with Gasteiger partial charge in [-0.1, -0.05) is 24.3 Å². The number of aromatic nitrogens is 2. The minimum atomic E-state index is -0.258. The Bertz CT molecular complexity index is 923. The maximum atomic E-state index is 13.7. The van der Waals surface area contributed by atoms with Crippen LogP contribution in [0.5, 0.6) is 0 Å². The third kappa shape index (κ3) is 3.92. The fourth-order valence-electron chi connectivity index (χ4n) is 3.78. The molecule has 1 fully saturated rings. The first kappa shape index (κ1) is 17.5. The van der Waals surface area contributed by atoms with E-state index in [1.165, 1.54) is 6.07 Å². The first-order valence-corrected chi connectivity index (χ1v) is 9.33. The van der Waals surface area contributed by atoms with Crippen molar-refractivity contribution in [2.24, 2.45) is 0 Å². The zero-order valence-corrected chi connectivity index (χ0v) is 15.1. The summed E-state index contributed by atoms with van der Waals surface area (Å²) in [6.45, 7) is 1.32. The smallest absolute Gasteiger partial charge is 0.254 e. The largest absolute Gasteiger partial charge is 0.332 e. The van der Waals surface area contributed by atoms with E-state index in [0.717, 1.165) is 30.4 Å². The Morgan fingerprint density at radius 2 is 2.00 bits per heavy atom. The molecule has 1 aliphatic rings. The quantitative estimate of drug-likeness (QED) is 0.687. The van der Waals surface area contributed by atoms with Crippen LogP contribution in [0.3, 0.4) is 0 Å². The average molecular weight is 363 g/mol. The van der Waals surface area contributed by atoms with Crippen LogP contribution >= 0.6 is 0 Å². The number of carbonyl (C=O) groups excluding carboxylic acids is 1. The molecule has 0 bridgehead atoms. The number of benzene rings is 2. The molecule has 1 aliphatic heterocycles. The van der Waals surface area contributed by atoms with E-state index in [-0.39, 0.29) is 17.8 Å². The van der Waals surface area contributed by atoms with Gasteiger partial charge in [0.1, 0.15) is 5.82 Å². The van der Waals surface area contributed by atoms with Gasteiger partial charge in [-0.05, 0) is 60.7 Å². The number of carbonyl (C=O) groups is 1. The number of hydrogen-bond donors (Lipinski definition) is 0. The molecule has 0 saturated carbocycles. The van der Waals surface area contributed by atoms with Crippen molar-refractivity contribution >= 4 is 5.91 Å². The van der Waals surface area contributed by atoms with E-state index < -0.39 is 0 Å². The van der Waals surface area contributed by atoms with Crippen molar-refractivity contribution in [3.8, 4) is 0 Å². The Hall–Kier alpha value is -2.95. The van der Waals surface area contributed by atoms with Crippen LogP contribution in [0.4, 0.5) is 4.39 Å². The van der Waals surface area contributed by atoms with E-state index in [4.69, 9.17) is 0 Å². The standard InChI is InChI=1S/C22H22FN3O/c23-20-9-4-7-18(15-20)21-10-1-2-13-26(21)22(27)19-8-3-6-17(14-19)16-25-12-5-11-24-25/h3-9,11-12,14-15,21H,1-2,10,13,16H2.